The lowest BCUT2D eigenvalue weighted by molar-refractivity contribution is -0.150. The lowest BCUT2D eigenvalue weighted by atomic mass is 9.84. The molecule has 308 valence electrons. The maximum absolute atomic E-state index is 12.9. The molecule has 1 saturated heterocycles. The predicted molar refractivity (Wildman–Crippen MR) is 221 cm³/mol. The zero-order valence-electron chi connectivity index (χ0n) is 35.2. The Balaban J connectivity index is 2.32. The Morgan fingerprint density at radius 1 is 0.577 bits per heavy atom. The molecule has 0 aromatic carbocycles. The fraction of sp³-hybridized carbons (Fsp3) is 0.957. The number of likely N-dealkylation sites (tertiary alicyclic amines) is 1. The lowest BCUT2D eigenvalue weighted by Gasteiger charge is -2.39. The summed E-state index contributed by atoms with van der Waals surface area (Å²) in [4.78, 5) is 27.6. The van der Waals surface area contributed by atoms with E-state index in [-0.39, 0.29) is 30.2 Å². The summed E-state index contributed by atoms with van der Waals surface area (Å²) in [5.74, 6) is -0.00782. The van der Waals surface area contributed by atoms with Gasteiger partial charge in [0.1, 0.15) is 6.10 Å². The minimum Gasteiger partial charge on any atom is -0.466 e. The first-order chi connectivity index (χ1) is 25.5. The molecule has 6 heteroatoms. The van der Waals surface area contributed by atoms with Gasteiger partial charge in [-0.25, -0.2) is 0 Å². The van der Waals surface area contributed by atoms with Crippen LogP contribution in [0.3, 0.4) is 0 Å². The number of aliphatic hydroxyl groups excluding tert-OH is 1. The van der Waals surface area contributed by atoms with Gasteiger partial charge in [0.05, 0.1) is 13.2 Å². The number of hydrogen-bond acceptors (Lipinski definition) is 6. The van der Waals surface area contributed by atoms with Gasteiger partial charge in [-0.1, -0.05) is 162 Å². The zero-order chi connectivity index (χ0) is 37.8. The maximum Gasteiger partial charge on any atom is 0.306 e. The molecular formula is C46H89NO5. The molecular weight excluding hydrogens is 647 g/mol. The molecule has 1 fully saturated rings. The third kappa shape index (κ3) is 26.6. The summed E-state index contributed by atoms with van der Waals surface area (Å²) in [5, 5.41) is 9.80. The SMILES string of the molecule is CCCCCCCCCOC(=O)CCCCCCC1(CCCCCCC(=O)OC(CCCCCCCC)CCCCCCCC)CCCN1CCO. The largest absolute Gasteiger partial charge is 0.466 e. The molecule has 1 unspecified atom stereocenters. The summed E-state index contributed by atoms with van der Waals surface area (Å²) in [6.07, 6.45) is 40.8. The van der Waals surface area contributed by atoms with Crippen LogP contribution in [0.2, 0.25) is 0 Å². The van der Waals surface area contributed by atoms with E-state index in [0.29, 0.717) is 19.4 Å². The number of aliphatic hydroxyl groups is 1. The number of rotatable bonds is 39. The van der Waals surface area contributed by atoms with Crippen molar-refractivity contribution >= 4 is 11.9 Å². The second-order valence-electron chi connectivity index (χ2n) is 16.4. The molecule has 0 bridgehead atoms. The number of hydrogen-bond donors (Lipinski definition) is 1. The molecule has 0 amide bonds. The Labute approximate surface area is 323 Å². The highest BCUT2D eigenvalue weighted by Crippen LogP contribution is 2.38. The van der Waals surface area contributed by atoms with E-state index in [4.69, 9.17) is 9.47 Å². The summed E-state index contributed by atoms with van der Waals surface area (Å²) in [7, 11) is 0. The third-order valence-corrected chi connectivity index (χ3v) is 11.7. The average Bonchev–Trinajstić information content (AvgIpc) is 3.53. The van der Waals surface area contributed by atoms with Gasteiger partial charge < -0.3 is 14.6 Å². The fourth-order valence-electron chi connectivity index (χ4n) is 8.44. The predicted octanol–water partition coefficient (Wildman–Crippen LogP) is 13.2. The van der Waals surface area contributed by atoms with Gasteiger partial charge in [-0.05, 0) is 77.2 Å². The van der Waals surface area contributed by atoms with Crippen molar-refractivity contribution in [2.24, 2.45) is 0 Å². The van der Waals surface area contributed by atoms with Crippen LogP contribution in [0.5, 0.6) is 0 Å². The molecule has 0 aromatic rings. The molecule has 1 rings (SSSR count). The van der Waals surface area contributed by atoms with E-state index in [2.05, 4.69) is 25.7 Å². The molecule has 0 spiro atoms. The lowest BCUT2D eigenvalue weighted by Crippen LogP contribution is -2.45. The molecule has 0 aromatic heterocycles. The Bertz CT molecular complexity index is 790. The van der Waals surface area contributed by atoms with E-state index < -0.39 is 0 Å². The molecule has 1 aliphatic rings. The van der Waals surface area contributed by atoms with E-state index >= 15 is 0 Å². The fourth-order valence-corrected chi connectivity index (χ4v) is 8.44. The highest BCUT2D eigenvalue weighted by Gasteiger charge is 2.39. The highest BCUT2D eigenvalue weighted by atomic mass is 16.5. The maximum atomic E-state index is 12.9. The summed E-state index contributed by atoms with van der Waals surface area (Å²) in [6, 6.07) is 0. The van der Waals surface area contributed by atoms with Crippen molar-refractivity contribution in [1.82, 2.24) is 4.90 Å². The van der Waals surface area contributed by atoms with Gasteiger partial charge in [0.25, 0.3) is 0 Å². The molecule has 1 heterocycles. The Kier molecular flexibility index (Phi) is 33.4. The topological polar surface area (TPSA) is 76.1 Å². The summed E-state index contributed by atoms with van der Waals surface area (Å²) in [6.45, 7) is 9.45. The quantitative estimate of drug-likeness (QED) is 0.0500. The summed E-state index contributed by atoms with van der Waals surface area (Å²) in [5.41, 5.74) is 0.206. The number of nitrogens with zero attached hydrogens (tertiary/aromatic N) is 1. The normalized spacial score (nSPS) is 16.2. The van der Waals surface area contributed by atoms with E-state index in [1.165, 1.54) is 154 Å². The van der Waals surface area contributed by atoms with Crippen LogP contribution in [0.15, 0.2) is 0 Å². The average molecular weight is 736 g/mol. The van der Waals surface area contributed by atoms with E-state index in [1.807, 2.05) is 0 Å². The monoisotopic (exact) mass is 736 g/mol. The van der Waals surface area contributed by atoms with Gasteiger partial charge in [0.2, 0.25) is 0 Å². The molecule has 52 heavy (non-hydrogen) atoms. The molecule has 1 N–H and O–H groups in total. The van der Waals surface area contributed by atoms with Crippen LogP contribution in [-0.2, 0) is 19.1 Å². The zero-order valence-corrected chi connectivity index (χ0v) is 35.2. The molecule has 0 aliphatic carbocycles. The van der Waals surface area contributed by atoms with Crippen molar-refractivity contribution in [2.45, 2.75) is 257 Å². The van der Waals surface area contributed by atoms with Crippen LogP contribution in [-0.4, -0.2) is 59.9 Å². The molecule has 0 radical (unpaired) electrons. The van der Waals surface area contributed by atoms with Crippen molar-refractivity contribution in [3.05, 3.63) is 0 Å². The van der Waals surface area contributed by atoms with E-state index in [9.17, 15) is 14.7 Å². The number of carbonyl (C=O) groups excluding carboxylic acids is 2. The number of esters is 2. The highest BCUT2D eigenvalue weighted by molar-refractivity contribution is 5.69. The van der Waals surface area contributed by atoms with Gasteiger partial charge in [-0.2, -0.15) is 0 Å². The van der Waals surface area contributed by atoms with Crippen molar-refractivity contribution < 1.29 is 24.2 Å². The van der Waals surface area contributed by atoms with E-state index in [0.717, 1.165) is 70.9 Å². The van der Waals surface area contributed by atoms with Crippen LogP contribution >= 0.6 is 0 Å². The first-order valence-corrected chi connectivity index (χ1v) is 23.2. The van der Waals surface area contributed by atoms with Crippen LogP contribution < -0.4 is 0 Å². The van der Waals surface area contributed by atoms with Gasteiger partial charge in [-0.3, -0.25) is 14.5 Å². The molecule has 1 atom stereocenters. The van der Waals surface area contributed by atoms with Gasteiger partial charge >= 0.3 is 11.9 Å². The standard InChI is InChI=1S/C46H89NO5/c1-4-7-10-13-16-23-30-42-51-44(49)34-26-19-21-28-36-46(38-31-39-47(46)40-41-48)37-29-22-20-27-35-45(50)52-43(32-24-17-14-11-8-5-2)33-25-18-15-12-9-6-3/h43,48H,4-42H2,1-3H3. The Morgan fingerprint density at radius 3 is 1.54 bits per heavy atom. The van der Waals surface area contributed by atoms with Crippen LogP contribution in [0.4, 0.5) is 0 Å². The van der Waals surface area contributed by atoms with Crippen molar-refractivity contribution in [2.75, 3.05) is 26.3 Å². The first kappa shape index (κ1) is 48.9. The Hall–Kier alpha value is -1.14. The second-order valence-corrected chi connectivity index (χ2v) is 16.4. The van der Waals surface area contributed by atoms with Crippen molar-refractivity contribution in [3.8, 4) is 0 Å². The molecule has 1 aliphatic heterocycles. The third-order valence-electron chi connectivity index (χ3n) is 11.7. The van der Waals surface area contributed by atoms with Gasteiger partial charge in [-0.15, -0.1) is 0 Å². The molecule has 6 nitrogen and oxygen atoms in total. The number of ether oxygens (including phenoxy) is 2. The first-order valence-electron chi connectivity index (χ1n) is 23.2. The number of carbonyl (C=O) groups is 2. The smallest absolute Gasteiger partial charge is 0.306 e. The Morgan fingerprint density at radius 2 is 1.02 bits per heavy atom. The number of β-amino-alcohol motifs (C(OH)–C–C–N with tert-alkyl or cyclic N) is 1. The van der Waals surface area contributed by atoms with Crippen LogP contribution in [0.25, 0.3) is 0 Å². The minimum absolute atomic E-state index is 0.0183. The number of unbranched alkanes of at least 4 members (excludes halogenated alkanes) is 22. The molecule has 0 saturated carbocycles. The van der Waals surface area contributed by atoms with Crippen LogP contribution in [0.1, 0.15) is 245 Å². The summed E-state index contributed by atoms with van der Waals surface area (Å²) >= 11 is 0. The minimum atomic E-state index is -0.0261. The van der Waals surface area contributed by atoms with E-state index in [1.54, 1.807) is 0 Å². The summed E-state index contributed by atoms with van der Waals surface area (Å²) < 4.78 is 11.6. The van der Waals surface area contributed by atoms with Gasteiger partial charge in [0, 0.05) is 24.9 Å². The second kappa shape index (κ2) is 35.6. The van der Waals surface area contributed by atoms with Gasteiger partial charge in [0.15, 0.2) is 0 Å². The van der Waals surface area contributed by atoms with Crippen molar-refractivity contribution in [1.29, 1.82) is 0 Å². The van der Waals surface area contributed by atoms with Crippen LogP contribution in [0, 0.1) is 0 Å². The van der Waals surface area contributed by atoms with Crippen molar-refractivity contribution in [3.63, 3.8) is 0 Å².